The van der Waals surface area contributed by atoms with Crippen molar-refractivity contribution in [3.63, 3.8) is 0 Å². The highest BCUT2D eigenvalue weighted by Gasteiger charge is 2.30. The van der Waals surface area contributed by atoms with Crippen LogP contribution in [-0.2, 0) is 32.4 Å². The number of aryl methyl sites for hydroxylation is 1. The van der Waals surface area contributed by atoms with Crippen molar-refractivity contribution < 1.29 is 14.4 Å². The molecule has 1 atom stereocenters. The second-order valence-corrected chi connectivity index (χ2v) is 6.32. The molecule has 2 heterocycles. The van der Waals surface area contributed by atoms with Gasteiger partial charge in [-0.05, 0) is 26.3 Å². The van der Waals surface area contributed by atoms with E-state index in [-0.39, 0.29) is 11.7 Å². The molecule has 0 amide bonds. The van der Waals surface area contributed by atoms with Crippen molar-refractivity contribution in [1.29, 1.82) is 0 Å². The molecule has 0 fully saturated rings. The number of carboxylic acids is 1. The van der Waals surface area contributed by atoms with Gasteiger partial charge in [0.2, 0.25) is 5.89 Å². The molecular weight excluding hydrogens is 322 g/mol. The SMILES string of the molecule is C=CCn1nc(C(=O)O)c2c1CC[C@H](N(C)Cc1noc(CC)n1)C2. The number of likely N-dealkylation sites (N-methyl/N-ethyl adjacent to an activating group) is 1. The lowest BCUT2D eigenvalue weighted by atomic mass is 9.90. The predicted molar refractivity (Wildman–Crippen MR) is 90.3 cm³/mol. The molecule has 1 aliphatic rings. The van der Waals surface area contributed by atoms with E-state index in [0.29, 0.717) is 37.6 Å². The summed E-state index contributed by atoms with van der Waals surface area (Å²) in [4.78, 5) is 18.0. The fourth-order valence-electron chi connectivity index (χ4n) is 3.34. The van der Waals surface area contributed by atoms with Crippen LogP contribution in [0.4, 0.5) is 0 Å². The van der Waals surface area contributed by atoms with E-state index in [1.165, 1.54) is 0 Å². The molecule has 0 aromatic carbocycles. The second kappa shape index (κ2) is 7.18. The van der Waals surface area contributed by atoms with Crippen molar-refractivity contribution in [2.75, 3.05) is 7.05 Å². The highest BCUT2D eigenvalue weighted by molar-refractivity contribution is 5.87. The maximum Gasteiger partial charge on any atom is 0.356 e. The summed E-state index contributed by atoms with van der Waals surface area (Å²) in [5.41, 5.74) is 2.00. The van der Waals surface area contributed by atoms with Gasteiger partial charge in [-0.2, -0.15) is 10.1 Å². The molecule has 8 heteroatoms. The molecular formula is C17H23N5O3. The van der Waals surface area contributed by atoms with Crippen LogP contribution in [0.15, 0.2) is 17.2 Å². The van der Waals surface area contributed by atoms with E-state index in [1.807, 2.05) is 14.0 Å². The van der Waals surface area contributed by atoms with E-state index < -0.39 is 5.97 Å². The molecule has 2 aromatic heterocycles. The first-order valence-electron chi connectivity index (χ1n) is 8.47. The average molecular weight is 345 g/mol. The van der Waals surface area contributed by atoms with Gasteiger partial charge < -0.3 is 9.63 Å². The topological polar surface area (TPSA) is 97.3 Å². The molecule has 1 N–H and O–H groups in total. The van der Waals surface area contributed by atoms with Crippen LogP contribution in [0, 0.1) is 0 Å². The van der Waals surface area contributed by atoms with Crippen molar-refractivity contribution in [2.45, 2.75) is 51.7 Å². The number of hydrogen-bond donors (Lipinski definition) is 1. The third kappa shape index (κ3) is 3.48. The van der Waals surface area contributed by atoms with Crippen LogP contribution in [0.2, 0.25) is 0 Å². The van der Waals surface area contributed by atoms with Gasteiger partial charge in [-0.25, -0.2) is 4.79 Å². The predicted octanol–water partition coefficient (Wildman–Crippen LogP) is 1.70. The Labute approximate surface area is 146 Å². The molecule has 0 aliphatic heterocycles. The lowest BCUT2D eigenvalue weighted by Crippen LogP contribution is -2.36. The molecule has 8 nitrogen and oxygen atoms in total. The summed E-state index contributed by atoms with van der Waals surface area (Å²) in [6, 6.07) is 0.218. The summed E-state index contributed by atoms with van der Waals surface area (Å²) in [5, 5.41) is 17.7. The Bertz CT molecular complexity index is 779. The van der Waals surface area contributed by atoms with E-state index in [1.54, 1.807) is 10.8 Å². The first-order valence-corrected chi connectivity index (χ1v) is 8.47. The zero-order valence-electron chi connectivity index (χ0n) is 14.6. The molecule has 0 bridgehead atoms. The standard InChI is InChI=1S/C17H23N5O3/c1-4-8-22-13-7-6-11(9-12(13)16(19-22)17(23)24)21(3)10-14-18-15(5-2)25-20-14/h4,11H,1,5-10H2,2-3H3,(H,23,24)/t11-/m0/s1. The second-order valence-electron chi connectivity index (χ2n) is 6.32. The van der Waals surface area contributed by atoms with Crippen molar-refractivity contribution in [3.8, 4) is 0 Å². The molecule has 2 aromatic rings. The Morgan fingerprint density at radius 1 is 1.56 bits per heavy atom. The molecule has 0 radical (unpaired) electrons. The summed E-state index contributed by atoms with van der Waals surface area (Å²) in [6.07, 6.45) is 4.84. The van der Waals surface area contributed by atoms with Gasteiger partial charge in [0.15, 0.2) is 11.5 Å². The molecule has 0 saturated carbocycles. The number of nitrogens with zero attached hydrogens (tertiary/aromatic N) is 5. The minimum Gasteiger partial charge on any atom is -0.476 e. The van der Waals surface area contributed by atoms with Gasteiger partial charge in [-0.15, -0.1) is 6.58 Å². The monoisotopic (exact) mass is 345 g/mol. The number of rotatable bonds is 7. The average Bonchev–Trinajstić information content (AvgIpc) is 3.19. The van der Waals surface area contributed by atoms with E-state index in [2.05, 4.69) is 26.7 Å². The van der Waals surface area contributed by atoms with Gasteiger partial charge in [0.05, 0.1) is 13.1 Å². The van der Waals surface area contributed by atoms with Crippen LogP contribution in [0.5, 0.6) is 0 Å². The van der Waals surface area contributed by atoms with Crippen molar-refractivity contribution in [3.05, 3.63) is 41.3 Å². The molecule has 3 rings (SSSR count). The minimum absolute atomic E-state index is 0.155. The van der Waals surface area contributed by atoms with Crippen molar-refractivity contribution in [1.82, 2.24) is 24.8 Å². The lowest BCUT2D eigenvalue weighted by molar-refractivity contribution is 0.0687. The van der Waals surface area contributed by atoms with E-state index >= 15 is 0 Å². The molecule has 134 valence electrons. The van der Waals surface area contributed by atoms with Gasteiger partial charge in [0.25, 0.3) is 0 Å². The zero-order chi connectivity index (χ0) is 18.0. The Morgan fingerprint density at radius 3 is 3.00 bits per heavy atom. The van der Waals surface area contributed by atoms with Crippen LogP contribution in [0.3, 0.4) is 0 Å². The van der Waals surface area contributed by atoms with Crippen LogP contribution >= 0.6 is 0 Å². The van der Waals surface area contributed by atoms with Crippen LogP contribution in [0.25, 0.3) is 0 Å². The highest BCUT2D eigenvalue weighted by atomic mass is 16.5. The fraction of sp³-hybridized carbons (Fsp3) is 0.529. The number of aromatic carboxylic acids is 1. The van der Waals surface area contributed by atoms with Gasteiger partial charge in [-0.3, -0.25) is 9.58 Å². The van der Waals surface area contributed by atoms with Gasteiger partial charge in [0, 0.05) is 23.7 Å². The Kier molecular flexibility index (Phi) is 4.98. The Hall–Kier alpha value is -2.48. The van der Waals surface area contributed by atoms with Crippen molar-refractivity contribution >= 4 is 5.97 Å². The fourth-order valence-corrected chi connectivity index (χ4v) is 3.34. The summed E-state index contributed by atoms with van der Waals surface area (Å²) in [6.45, 7) is 6.79. The highest BCUT2D eigenvalue weighted by Crippen LogP contribution is 2.27. The minimum atomic E-state index is -0.979. The van der Waals surface area contributed by atoms with Crippen LogP contribution in [-0.4, -0.2) is 49.0 Å². The number of hydrogen-bond acceptors (Lipinski definition) is 6. The maximum atomic E-state index is 11.5. The number of carboxylic acid groups (broad SMARTS) is 1. The van der Waals surface area contributed by atoms with Gasteiger partial charge >= 0.3 is 5.97 Å². The number of fused-ring (bicyclic) bond motifs is 1. The largest absolute Gasteiger partial charge is 0.476 e. The molecule has 0 unspecified atom stereocenters. The van der Waals surface area contributed by atoms with E-state index in [0.717, 1.165) is 24.1 Å². The summed E-state index contributed by atoms with van der Waals surface area (Å²) < 4.78 is 6.91. The number of aromatic nitrogens is 4. The number of carbonyl (C=O) groups is 1. The van der Waals surface area contributed by atoms with Crippen molar-refractivity contribution in [2.24, 2.45) is 0 Å². The first-order chi connectivity index (χ1) is 12.0. The summed E-state index contributed by atoms with van der Waals surface area (Å²) in [5.74, 6) is 0.312. The Balaban J connectivity index is 1.77. The first kappa shape index (κ1) is 17.3. The third-order valence-electron chi connectivity index (χ3n) is 4.65. The van der Waals surface area contributed by atoms with E-state index in [9.17, 15) is 9.90 Å². The zero-order valence-corrected chi connectivity index (χ0v) is 14.6. The lowest BCUT2D eigenvalue weighted by Gasteiger charge is -2.30. The quantitative estimate of drug-likeness (QED) is 0.763. The normalized spacial score (nSPS) is 16.8. The molecule has 0 saturated heterocycles. The summed E-state index contributed by atoms with van der Waals surface area (Å²) >= 11 is 0. The number of allylic oxidation sites excluding steroid dienone is 1. The van der Waals surface area contributed by atoms with E-state index in [4.69, 9.17) is 4.52 Å². The van der Waals surface area contributed by atoms with Crippen LogP contribution < -0.4 is 0 Å². The summed E-state index contributed by atoms with van der Waals surface area (Å²) in [7, 11) is 2.01. The third-order valence-corrected chi connectivity index (χ3v) is 4.65. The van der Waals surface area contributed by atoms with Crippen LogP contribution in [0.1, 0.15) is 46.8 Å². The maximum absolute atomic E-state index is 11.5. The molecule has 1 aliphatic carbocycles. The van der Waals surface area contributed by atoms with Gasteiger partial charge in [0.1, 0.15) is 0 Å². The molecule has 25 heavy (non-hydrogen) atoms. The van der Waals surface area contributed by atoms with Gasteiger partial charge in [-0.1, -0.05) is 18.2 Å². The molecule has 0 spiro atoms. The smallest absolute Gasteiger partial charge is 0.356 e. The Morgan fingerprint density at radius 2 is 2.36 bits per heavy atom.